The van der Waals surface area contributed by atoms with Crippen LogP contribution < -0.4 is 5.32 Å². The standard InChI is InChI=1S/C14H30N2/c1-14(2,3)15-10-6-5-7-11-16(4)12-13-8-9-13/h13,15H,5-12H2,1-4H3. The smallest absolute Gasteiger partial charge is 0.00965 e. The van der Waals surface area contributed by atoms with Crippen molar-refractivity contribution < 1.29 is 0 Å². The Morgan fingerprint density at radius 1 is 1.12 bits per heavy atom. The minimum atomic E-state index is 0.281. The molecule has 0 spiro atoms. The van der Waals surface area contributed by atoms with Gasteiger partial charge < -0.3 is 10.2 Å². The molecule has 96 valence electrons. The lowest BCUT2D eigenvalue weighted by Crippen LogP contribution is -2.36. The molecule has 1 fully saturated rings. The Labute approximate surface area is 102 Å². The van der Waals surface area contributed by atoms with Crippen molar-refractivity contribution in [1.82, 2.24) is 10.2 Å². The van der Waals surface area contributed by atoms with Crippen molar-refractivity contribution in [2.24, 2.45) is 5.92 Å². The molecular formula is C14H30N2. The van der Waals surface area contributed by atoms with Crippen LogP contribution in [0, 0.1) is 5.92 Å². The molecule has 0 saturated heterocycles. The fourth-order valence-electron chi connectivity index (χ4n) is 1.98. The van der Waals surface area contributed by atoms with E-state index in [2.05, 4.69) is 38.0 Å². The molecule has 16 heavy (non-hydrogen) atoms. The first-order valence-electron chi connectivity index (χ1n) is 6.91. The first kappa shape index (κ1) is 14.0. The molecule has 0 unspecified atom stereocenters. The minimum absolute atomic E-state index is 0.281. The maximum atomic E-state index is 3.54. The number of hydrogen-bond donors (Lipinski definition) is 1. The first-order chi connectivity index (χ1) is 7.47. The zero-order valence-corrected chi connectivity index (χ0v) is 11.7. The molecule has 1 saturated carbocycles. The van der Waals surface area contributed by atoms with Crippen molar-refractivity contribution in [2.75, 3.05) is 26.7 Å². The molecule has 0 heterocycles. The van der Waals surface area contributed by atoms with Crippen LogP contribution in [-0.4, -0.2) is 37.1 Å². The van der Waals surface area contributed by atoms with Crippen LogP contribution in [0.4, 0.5) is 0 Å². The molecule has 1 N–H and O–H groups in total. The summed E-state index contributed by atoms with van der Waals surface area (Å²) < 4.78 is 0. The molecule has 1 aliphatic rings. The Morgan fingerprint density at radius 3 is 2.38 bits per heavy atom. The van der Waals surface area contributed by atoms with Crippen LogP contribution in [0.2, 0.25) is 0 Å². The van der Waals surface area contributed by atoms with Gasteiger partial charge in [0.25, 0.3) is 0 Å². The quantitative estimate of drug-likeness (QED) is 0.640. The van der Waals surface area contributed by atoms with E-state index < -0.39 is 0 Å². The number of nitrogens with zero attached hydrogens (tertiary/aromatic N) is 1. The van der Waals surface area contributed by atoms with Crippen molar-refractivity contribution in [3.05, 3.63) is 0 Å². The van der Waals surface area contributed by atoms with Gasteiger partial charge in [-0.05, 0) is 72.5 Å². The zero-order chi connectivity index (χ0) is 12.0. The predicted molar refractivity (Wildman–Crippen MR) is 71.8 cm³/mol. The van der Waals surface area contributed by atoms with Gasteiger partial charge in [-0.3, -0.25) is 0 Å². The summed E-state index contributed by atoms with van der Waals surface area (Å²) in [5.41, 5.74) is 0.281. The van der Waals surface area contributed by atoms with E-state index in [0.717, 1.165) is 12.5 Å². The molecule has 2 heteroatoms. The topological polar surface area (TPSA) is 15.3 Å². The SMILES string of the molecule is CN(CCCCCNC(C)(C)C)CC1CC1. The summed E-state index contributed by atoms with van der Waals surface area (Å²) in [7, 11) is 2.27. The molecule has 0 aromatic rings. The fourth-order valence-corrected chi connectivity index (χ4v) is 1.98. The van der Waals surface area contributed by atoms with Gasteiger partial charge in [-0.25, -0.2) is 0 Å². The normalized spacial score (nSPS) is 17.1. The van der Waals surface area contributed by atoms with Gasteiger partial charge in [0, 0.05) is 12.1 Å². The third-order valence-corrected chi connectivity index (χ3v) is 3.14. The van der Waals surface area contributed by atoms with Crippen LogP contribution in [0.25, 0.3) is 0 Å². The van der Waals surface area contributed by atoms with E-state index in [-0.39, 0.29) is 5.54 Å². The lowest BCUT2D eigenvalue weighted by atomic mass is 10.1. The Balaban J connectivity index is 1.83. The highest BCUT2D eigenvalue weighted by atomic mass is 15.1. The van der Waals surface area contributed by atoms with Crippen molar-refractivity contribution in [3.8, 4) is 0 Å². The van der Waals surface area contributed by atoms with Gasteiger partial charge in [0.15, 0.2) is 0 Å². The maximum absolute atomic E-state index is 3.54. The van der Waals surface area contributed by atoms with Crippen LogP contribution in [0.3, 0.4) is 0 Å². The highest BCUT2D eigenvalue weighted by Gasteiger charge is 2.22. The number of unbranched alkanes of at least 4 members (excludes halogenated alkanes) is 2. The van der Waals surface area contributed by atoms with Crippen LogP contribution in [0.1, 0.15) is 52.9 Å². The van der Waals surface area contributed by atoms with Crippen LogP contribution in [0.15, 0.2) is 0 Å². The van der Waals surface area contributed by atoms with Crippen molar-refractivity contribution >= 4 is 0 Å². The summed E-state index contributed by atoms with van der Waals surface area (Å²) in [5.74, 6) is 1.03. The van der Waals surface area contributed by atoms with Gasteiger partial charge >= 0.3 is 0 Å². The molecule has 0 atom stereocenters. The predicted octanol–water partition coefficient (Wildman–Crippen LogP) is 2.89. The molecule has 2 nitrogen and oxygen atoms in total. The molecule has 0 aromatic heterocycles. The van der Waals surface area contributed by atoms with Gasteiger partial charge in [0.1, 0.15) is 0 Å². The highest BCUT2D eigenvalue weighted by molar-refractivity contribution is 4.76. The Morgan fingerprint density at radius 2 is 1.81 bits per heavy atom. The van der Waals surface area contributed by atoms with Crippen molar-refractivity contribution in [3.63, 3.8) is 0 Å². The summed E-state index contributed by atoms with van der Waals surface area (Å²) in [6.45, 7) is 10.5. The van der Waals surface area contributed by atoms with E-state index in [4.69, 9.17) is 0 Å². The Hall–Kier alpha value is -0.0800. The molecule has 0 amide bonds. The third kappa shape index (κ3) is 8.12. The van der Waals surface area contributed by atoms with E-state index >= 15 is 0 Å². The fraction of sp³-hybridized carbons (Fsp3) is 1.00. The monoisotopic (exact) mass is 226 g/mol. The Kier molecular flexibility index (Phi) is 5.77. The van der Waals surface area contributed by atoms with E-state index in [1.807, 2.05) is 0 Å². The van der Waals surface area contributed by atoms with E-state index in [9.17, 15) is 0 Å². The van der Waals surface area contributed by atoms with Crippen molar-refractivity contribution in [2.45, 2.75) is 58.4 Å². The maximum Gasteiger partial charge on any atom is 0.00965 e. The summed E-state index contributed by atoms with van der Waals surface area (Å²) >= 11 is 0. The van der Waals surface area contributed by atoms with Gasteiger partial charge in [0.2, 0.25) is 0 Å². The van der Waals surface area contributed by atoms with E-state index in [0.29, 0.717) is 0 Å². The second-order valence-corrected chi connectivity index (χ2v) is 6.44. The second kappa shape index (κ2) is 6.61. The molecule has 0 aliphatic heterocycles. The molecule has 0 radical (unpaired) electrons. The summed E-state index contributed by atoms with van der Waals surface area (Å²) in [6.07, 6.45) is 6.97. The van der Waals surface area contributed by atoms with E-state index in [1.54, 1.807) is 0 Å². The molecule has 0 bridgehead atoms. The number of nitrogens with one attached hydrogen (secondary N) is 1. The van der Waals surface area contributed by atoms with Gasteiger partial charge in [-0.1, -0.05) is 6.42 Å². The molecule has 1 aliphatic carbocycles. The molecule has 1 rings (SSSR count). The lowest BCUT2D eigenvalue weighted by Gasteiger charge is -2.20. The zero-order valence-electron chi connectivity index (χ0n) is 11.7. The Bertz CT molecular complexity index is 180. The van der Waals surface area contributed by atoms with Gasteiger partial charge in [-0.2, -0.15) is 0 Å². The van der Waals surface area contributed by atoms with E-state index in [1.165, 1.54) is 45.2 Å². The lowest BCUT2D eigenvalue weighted by molar-refractivity contribution is 0.310. The minimum Gasteiger partial charge on any atom is -0.312 e. The molecule has 0 aromatic carbocycles. The molecular weight excluding hydrogens is 196 g/mol. The first-order valence-corrected chi connectivity index (χ1v) is 6.91. The summed E-state index contributed by atoms with van der Waals surface area (Å²) in [4.78, 5) is 2.51. The summed E-state index contributed by atoms with van der Waals surface area (Å²) in [5, 5.41) is 3.54. The van der Waals surface area contributed by atoms with Gasteiger partial charge in [-0.15, -0.1) is 0 Å². The highest BCUT2D eigenvalue weighted by Crippen LogP contribution is 2.29. The summed E-state index contributed by atoms with van der Waals surface area (Å²) in [6, 6.07) is 0. The van der Waals surface area contributed by atoms with Crippen LogP contribution >= 0.6 is 0 Å². The van der Waals surface area contributed by atoms with Gasteiger partial charge in [0.05, 0.1) is 0 Å². The van der Waals surface area contributed by atoms with Crippen LogP contribution in [0.5, 0.6) is 0 Å². The van der Waals surface area contributed by atoms with Crippen molar-refractivity contribution in [1.29, 1.82) is 0 Å². The largest absolute Gasteiger partial charge is 0.312 e. The number of hydrogen-bond acceptors (Lipinski definition) is 2. The third-order valence-electron chi connectivity index (χ3n) is 3.14. The van der Waals surface area contributed by atoms with Crippen LogP contribution in [-0.2, 0) is 0 Å². The number of rotatable bonds is 8. The average Bonchev–Trinajstić information content (AvgIpc) is 2.93. The average molecular weight is 226 g/mol. The second-order valence-electron chi connectivity index (χ2n) is 6.44.